The van der Waals surface area contributed by atoms with E-state index in [-0.39, 0.29) is 0 Å². The minimum absolute atomic E-state index is 0.329. The topological polar surface area (TPSA) is 46.5 Å². The number of rotatable bonds is 3. The molecular weight excluding hydrogens is 200 g/mol. The summed E-state index contributed by atoms with van der Waals surface area (Å²) in [6, 6.07) is 0. The van der Waals surface area contributed by atoms with Gasteiger partial charge in [-0.05, 0) is 0 Å². The molecule has 0 aromatic carbocycles. The Labute approximate surface area is 56.9 Å². The predicted molar refractivity (Wildman–Crippen MR) is 22.7 cm³/mol. The van der Waals surface area contributed by atoms with Crippen LogP contribution < -0.4 is 0 Å². The summed E-state index contributed by atoms with van der Waals surface area (Å²) in [7, 11) is 0. The molecule has 0 saturated heterocycles. The zero-order valence-electron chi connectivity index (χ0n) is 3.56. The molecule has 42 valence electrons. The molecule has 0 rings (SSSR count). The van der Waals surface area contributed by atoms with Crippen LogP contribution in [-0.2, 0) is 25.3 Å². The van der Waals surface area contributed by atoms with Crippen LogP contribution in [0, 0.1) is 0 Å². The third kappa shape index (κ3) is 6.91. The molecule has 0 aromatic heterocycles. The fourth-order valence-electron chi connectivity index (χ4n) is 0.126. The zero-order valence-corrected chi connectivity index (χ0v) is 6.70. The summed E-state index contributed by atoms with van der Waals surface area (Å²) in [5.74, 6) is 0. The fraction of sp³-hybridized carbons (Fsp3) is 1.00. The van der Waals surface area contributed by atoms with Gasteiger partial charge in [0.2, 0.25) is 0 Å². The van der Waals surface area contributed by atoms with Gasteiger partial charge in [0.05, 0.1) is 0 Å². The Bertz CT molecular complexity index is 66.0. The second-order valence-corrected chi connectivity index (χ2v) is 2.88. The van der Waals surface area contributed by atoms with Gasteiger partial charge in [0, 0.05) is 0 Å². The summed E-state index contributed by atoms with van der Waals surface area (Å²) in [5.41, 5.74) is 0. The van der Waals surface area contributed by atoms with E-state index >= 15 is 0 Å². The molecule has 7 heavy (non-hydrogen) atoms. The monoisotopic (exact) mass is 204 g/mol. The first-order valence-corrected chi connectivity index (χ1v) is 4.78. The van der Waals surface area contributed by atoms with Gasteiger partial charge in [0.15, 0.2) is 0 Å². The standard InChI is InChI=1S/C2H4BrO.H2O.O.Ti/c3-1-2-4;;;/h1-2H2;1H2;;/q-1;;;+2/p-1. The van der Waals surface area contributed by atoms with Crippen LogP contribution in [-0.4, -0.2) is 15.6 Å². The van der Waals surface area contributed by atoms with Gasteiger partial charge in [0.25, 0.3) is 0 Å². The van der Waals surface area contributed by atoms with Gasteiger partial charge in [-0.2, -0.15) is 0 Å². The predicted octanol–water partition coefficient (Wildman–Crippen LogP) is 0.184. The van der Waals surface area contributed by atoms with Crippen LogP contribution in [0.15, 0.2) is 0 Å². The number of alkyl halides is 1. The van der Waals surface area contributed by atoms with Crippen molar-refractivity contribution < 1.29 is 28.9 Å². The summed E-state index contributed by atoms with van der Waals surface area (Å²) < 4.78 is 22.1. The van der Waals surface area contributed by atoms with E-state index in [0.29, 0.717) is 11.9 Å². The Morgan fingerprint density at radius 2 is 2.43 bits per heavy atom. The number of hydrogen-bond donors (Lipinski definition) is 1. The average molecular weight is 205 g/mol. The normalized spacial score (nSPS) is 8.86. The first kappa shape index (κ1) is 7.91. The second-order valence-electron chi connectivity index (χ2n) is 0.803. The summed E-state index contributed by atoms with van der Waals surface area (Å²) in [5, 5.41) is 0.617. The molecule has 3 nitrogen and oxygen atoms in total. The summed E-state index contributed by atoms with van der Waals surface area (Å²) in [6.07, 6.45) is 0. The van der Waals surface area contributed by atoms with E-state index in [1.807, 2.05) is 0 Å². The van der Waals surface area contributed by atoms with Crippen molar-refractivity contribution in [3.63, 3.8) is 0 Å². The SMILES string of the molecule is [O]=[Ti]([OH])[O]CCBr. The molecule has 0 spiro atoms. The molecular formula is C2H5BrO3Ti. The quantitative estimate of drug-likeness (QED) is 0.528. The van der Waals surface area contributed by atoms with E-state index < -0.39 is 18.6 Å². The van der Waals surface area contributed by atoms with Gasteiger partial charge in [-0.25, -0.2) is 0 Å². The summed E-state index contributed by atoms with van der Waals surface area (Å²) in [4.78, 5) is 0. The molecule has 0 unspecified atom stereocenters. The second kappa shape index (κ2) is 5.06. The Morgan fingerprint density at radius 1 is 1.86 bits per heavy atom. The van der Waals surface area contributed by atoms with Crippen molar-refractivity contribution in [2.75, 3.05) is 11.9 Å². The van der Waals surface area contributed by atoms with E-state index in [0.717, 1.165) is 0 Å². The van der Waals surface area contributed by atoms with Crippen molar-refractivity contribution in [2.45, 2.75) is 0 Å². The molecule has 1 N–H and O–H groups in total. The van der Waals surface area contributed by atoms with E-state index in [2.05, 4.69) is 19.2 Å². The van der Waals surface area contributed by atoms with Crippen molar-refractivity contribution in [1.29, 1.82) is 0 Å². The average Bonchev–Trinajstić information content (AvgIpc) is 1.61. The summed E-state index contributed by atoms with van der Waals surface area (Å²) in [6.45, 7) is 0.329. The van der Waals surface area contributed by atoms with Crippen LogP contribution >= 0.6 is 15.9 Å². The van der Waals surface area contributed by atoms with Gasteiger partial charge >= 0.3 is 56.8 Å². The van der Waals surface area contributed by atoms with Gasteiger partial charge in [0.1, 0.15) is 0 Å². The summed E-state index contributed by atoms with van der Waals surface area (Å²) >= 11 is -0.157. The number of halogens is 1. The van der Waals surface area contributed by atoms with Crippen LogP contribution in [0.25, 0.3) is 0 Å². The van der Waals surface area contributed by atoms with E-state index in [4.69, 9.17) is 3.69 Å². The molecule has 0 heterocycles. The Hall–Kier alpha value is 0.914. The molecule has 0 aliphatic carbocycles. The molecule has 0 amide bonds. The van der Waals surface area contributed by atoms with E-state index in [1.54, 1.807) is 0 Å². The van der Waals surface area contributed by atoms with Gasteiger partial charge < -0.3 is 0 Å². The molecule has 5 heteroatoms. The fourth-order valence-corrected chi connectivity index (χ4v) is 1.19. The molecule has 0 radical (unpaired) electrons. The Kier molecular flexibility index (Phi) is 5.72. The Morgan fingerprint density at radius 3 is 2.57 bits per heavy atom. The van der Waals surface area contributed by atoms with E-state index in [9.17, 15) is 3.32 Å². The van der Waals surface area contributed by atoms with Crippen molar-refractivity contribution in [3.05, 3.63) is 0 Å². The first-order valence-electron chi connectivity index (χ1n) is 1.69. The Balaban J connectivity index is 2.82. The van der Waals surface area contributed by atoms with Gasteiger partial charge in [-0.3, -0.25) is 0 Å². The van der Waals surface area contributed by atoms with Gasteiger partial charge in [-0.15, -0.1) is 0 Å². The molecule has 0 atom stereocenters. The van der Waals surface area contributed by atoms with E-state index in [1.165, 1.54) is 0 Å². The molecule has 0 fully saturated rings. The third-order valence-electron chi connectivity index (χ3n) is 0.303. The molecule has 0 bridgehead atoms. The molecule has 0 saturated carbocycles. The van der Waals surface area contributed by atoms with Crippen molar-refractivity contribution in [1.82, 2.24) is 0 Å². The molecule has 0 aliphatic heterocycles. The minimum atomic E-state index is -3.19. The maximum atomic E-state index is 9.77. The maximum absolute atomic E-state index is 9.77. The van der Waals surface area contributed by atoms with Crippen LogP contribution in [0.1, 0.15) is 0 Å². The van der Waals surface area contributed by atoms with Crippen LogP contribution in [0.3, 0.4) is 0 Å². The van der Waals surface area contributed by atoms with Crippen LogP contribution in [0.2, 0.25) is 0 Å². The van der Waals surface area contributed by atoms with Crippen LogP contribution in [0.4, 0.5) is 0 Å². The van der Waals surface area contributed by atoms with Gasteiger partial charge in [-0.1, -0.05) is 0 Å². The van der Waals surface area contributed by atoms with Crippen molar-refractivity contribution in [2.24, 2.45) is 0 Å². The molecule has 0 aliphatic rings. The van der Waals surface area contributed by atoms with Crippen molar-refractivity contribution >= 4 is 15.9 Å². The van der Waals surface area contributed by atoms with Crippen LogP contribution in [0.5, 0.6) is 0 Å². The zero-order chi connectivity index (χ0) is 5.70. The third-order valence-corrected chi connectivity index (χ3v) is 1.33. The van der Waals surface area contributed by atoms with Crippen molar-refractivity contribution in [3.8, 4) is 0 Å². The number of hydrogen-bond acceptors (Lipinski definition) is 2. The first-order chi connectivity index (χ1) is 3.27. The molecule has 0 aromatic rings.